The van der Waals surface area contributed by atoms with Crippen LogP contribution in [0.2, 0.25) is 0 Å². The highest BCUT2D eigenvalue weighted by Crippen LogP contribution is 2.19. The SMILES string of the molecule is CC(C)c1ccc(Nc2cnnc(NCCCN(C)C)n2)cc1. The maximum atomic E-state index is 4.43. The van der Waals surface area contributed by atoms with E-state index in [0.717, 1.165) is 25.2 Å². The van der Waals surface area contributed by atoms with Crippen molar-refractivity contribution in [1.29, 1.82) is 0 Å². The summed E-state index contributed by atoms with van der Waals surface area (Å²) in [6.07, 6.45) is 2.66. The van der Waals surface area contributed by atoms with E-state index in [9.17, 15) is 0 Å². The molecule has 0 amide bonds. The van der Waals surface area contributed by atoms with E-state index in [-0.39, 0.29) is 0 Å². The highest BCUT2D eigenvalue weighted by atomic mass is 15.3. The van der Waals surface area contributed by atoms with Gasteiger partial charge in [0.2, 0.25) is 5.95 Å². The normalized spacial score (nSPS) is 11.0. The lowest BCUT2D eigenvalue weighted by atomic mass is 10.0. The Balaban J connectivity index is 1.91. The van der Waals surface area contributed by atoms with Gasteiger partial charge in [0.05, 0.1) is 6.20 Å². The number of anilines is 3. The average molecular weight is 314 g/mol. The van der Waals surface area contributed by atoms with Crippen molar-refractivity contribution in [3.8, 4) is 0 Å². The van der Waals surface area contributed by atoms with E-state index in [1.54, 1.807) is 6.20 Å². The van der Waals surface area contributed by atoms with Gasteiger partial charge in [-0.2, -0.15) is 10.1 Å². The standard InChI is InChI=1S/C17H26N6/c1-13(2)14-6-8-15(9-7-14)20-16-12-19-22-17(21-16)18-10-5-11-23(3)4/h6-9,12-13H,5,10-11H2,1-4H3,(H2,18,20,21,22). The predicted octanol–water partition coefficient (Wildman–Crippen LogP) is 3.10. The van der Waals surface area contributed by atoms with Gasteiger partial charge in [0.15, 0.2) is 5.82 Å². The monoisotopic (exact) mass is 314 g/mol. The number of aromatic nitrogens is 3. The lowest BCUT2D eigenvalue weighted by molar-refractivity contribution is 0.405. The Kier molecular flexibility index (Phi) is 6.29. The number of rotatable bonds is 8. The molecule has 0 atom stereocenters. The third kappa shape index (κ3) is 5.83. The molecular formula is C17H26N6. The van der Waals surface area contributed by atoms with Crippen molar-refractivity contribution in [3.05, 3.63) is 36.0 Å². The van der Waals surface area contributed by atoms with Crippen LogP contribution in [0.5, 0.6) is 0 Å². The minimum Gasteiger partial charge on any atom is -0.353 e. The minimum absolute atomic E-state index is 0.530. The predicted molar refractivity (Wildman–Crippen MR) is 95.3 cm³/mol. The van der Waals surface area contributed by atoms with Crippen molar-refractivity contribution < 1.29 is 0 Å². The van der Waals surface area contributed by atoms with Crippen molar-refractivity contribution in [2.45, 2.75) is 26.2 Å². The molecule has 0 saturated heterocycles. The Morgan fingerprint density at radius 2 is 1.87 bits per heavy atom. The van der Waals surface area contributed by atoms with Crippen molar-refractivity contribution in [2.24, 2.45) is 0 Å². The number of nitrogens with zero attached hydrogens (tertiary/aromatic N) is 4. The van der Waals surface area contributed by atoms with Crippen molar-refractivity contribution in [2.75, 3.05) is 37.8 Å². The van der Waals surface area contributed by atoms with E-state index in [1.807, 2.05) is 0 Å². The third-order valence-electron chi connectivity index (χ3n) is 3.47. The third-order valence-corrected chi connectivity index (χ3v) is 3.47. The molecule has 2 rings (SSSR count). The molecule has 0 bridgehead atoms. The van der Waals surface area contributed by atoms with Gasteiger partial charge in [-0.1, -0.05) is 26.0 Å². The zero-order chi connectivity index (χ0) is 16.7. The molecule has 124 valence electrons. The van der Waals surface area contributed by atoms with Crippen LogP contribution in [0.1, 0.15) is 31.7 Å². The summed E-state index contributed by atoms with van der Waals surface area (Å²) in [6, 6.07) is 8.37. The van der Waals surface area contributed by atoms with E-state index in [0.29, 0.717) is 17.7 Å². The van der Waals surface area contributed by atoms with Crippen LogP contribution < -0.4 is 10.6 Å². The molecule has 0 spiro atoms. The van der Waals surface area contributed by atoms with Crippen LogP contribution in [0.3, 0.4) is 0 Å². The molecule has 0 aliphatic carbocycles. The minimum atomic E-state index is 0.530. The van der Waals surface area contributed by atoms with E-state index < -0.39 is 0 Å². The largest absolute Gasteiger partial charge is 0.353 e. The van der Waals surface area contributed by atoms with Crippen LogP contribution in [-0.4, -0.2) is 47.3 Å². The Morgan fingerprint density at radius 3 is 2.52 bits per heavy atom. The second-order valence-electron chi connectivity index (χ2n) is 6.15. The molecule has 0 aliphatic heterocycles. The average Bonchev–Trinajstić information content (AvgIpc) is 2.52. The van der Waals surface area contributed by atoms with Crippen LogP contribution in [0, 0.1) is 0 Å². The van der Waals surface area contributed by atoms with Gasteiger partial charge in [-0.25, -0.2) is 0 Å². The van der Waals surface area contributed by atoms with Crippen LogP contribution >= 0.6 is 0 Å². The first-order valence-corrected chi connectivity index (χ1v) is 8.00. The molecule has 0 fully saturated rings. The summed E-state index contributed by atoms with van der Waals surface area (Å²) in [5, 5.41) is 14.5. The van der Waals surface area contributed by atoms with Crippen molar-refractivity contribution >= 4 is 17.5 Å². The second kappa shape index (κ2) is 8.43. The van der Waals surface area contributed by atoms with Gasteiger partial charge in [-0.3, -0.25) is 0 Å². The lowest BCUT2D eigenvalue weighted by Gasteiger charge is -2.11. The molecular weight excluding hydrogens is 288 g/mol. The Morgan fingerprint density at radius 1 is 1.13 bits per heavy atom. The van der Waals surface area contributed by atoms with Crippen LogP contribution in [-0.2, 0) is 0 Å². The molecule has 2 aromatic rings. The summed E-state index contributed by atoms with van der Waals surface area (Å²) in [6.45, 7) is 6.23. The first-order chi connectivity index (χ1) is 11.0. The number of hydrogen-bond acceptors (Lipinski definition) is 6. The first kappa shape index (κ1) is 17.1. The quantitative estimate of drug-likeness (QED) is 0.730. The summed E-state index contributed by atoms with van der Waals surface area (Å²) < 4.78 is 0. The maximum Gasteiger partial charge on any atom is 0.244 e. The van der Waals surface area contributed by atoms with Crippen LogP contribution in [0.25, 0.3) is 0 Å². The zero-order valence-electron chi connectivity index (χ0n) is 14.4. The van der Waals surface area contributed by atoms with E-state index >= 15 is 0 Å². The van der Waals surface area contributed by atoms with Gasteiger partial charge >= 0.3 is 0 Å². The summed E-state index contributed by atoms with van der Waals surface area (Å²) in [5.41, 5.74) is 2.31. The van der Waals surface area contributed by atoms with Gasteiger partial charge in [-0.15, -0.1) is 5.10 Å². The van der Waals surface area contributed by atoms with E-state index in [1.165, 1.54) is 5.56 Å². The smallest absolute Gasteiger partial charge is 0.244 e. The molecule has 23 heavy (non-hydrogen) atoms. The molecule has 1 heterocycles. The molecule has 0 saturated carbocycles. The highest BCUT2D eigenvalue weighted by Gasteiger charge is 2.03. The van der Waals surface area contributed by atoms with Gasteiger partial charge in [0.1, 0.15) is 0 Å². The molecule has 6 nitrogen and oxygen atoms in total. The molecule has 0 unspecified atom stereocenters. The van der Waals surface area contributed by atoms with Crippen molar-refractivity contribution in [1.82, 2.24) is 20.1 Å². The van der Waals surface area contributed by atoms with E-state index in [2.05, 4.69) is 82.9 Å². The Labute approximate surface area is 138 Å². The fraction of sp³-hybridized carbons (Fsp3) is 0.471. The summed E-state index contributed by atoms with van der Waals surface area (Å²) in [7, 11) is 4.13. The lowest BCUT2D eigenvalue weighted by Crippen LogP contribution is -2.17. The van der Waals surface area contributed by atoms with Gasteiger partial charge in [0.25, 0.3) is 0 Å². The summed E-state index contributed by atoms with van der Waals surface area (Å²) in [4.78, 5) is 6.59. The molecule has 6 heteroatoms. The van der Waals surface area contributed by atoms with E-state index in [4.69, 9.17) is 0 Å². The molecule has 1 aromatic carbocycles. The fourth-order valence-electron chi connectivity index (χ4n) is 2.13. The highest BCUT2D eigenvalue weighted by molar-refractivity contribution is 5.56. The second-order valence-corrected chi connectivity index (χ2v) is 6.15. The molecule has 1 aromatic heterocycles. The summed E-state index contributed by atoms with van der Waals surface area (Å²) >= 11 is 0. The van der Waals surface area contributed by atoms with Crippen LogP contribution in [0.4, 0.5) is 17.5 Å². The number of hydrogen-bond donors (Lipinski definition) is 2. The van der Waals surface area contributed by atoms with Gasteiger partial charge in [0, 0.05) is 12.2 Å². The van der Waals surface area contributed by atoms with Gasteiger partial charge in [-0.05, 0) is 50.7 Å². The van der Waals surface area contributed by atoms with Gasteiger partial charge < -0.3 is 15.5 Å². The molecule has 0 aliphatic rings. The maximum absolute atomic E-state index is 4.43. The Bertz CT molecular complexity index is 594. The zero-order valence-corrected chi connectivity index (χ0v) is 14.4. The molecule has 2 N–H and O–H groups in total. The van der Waals surface area contributed by atoms with Crippen molar-refractivity contribution in [3.63, 3.8) is 0 Å². The first-order valence-electron chi connectivity index (χ1n) is 8.00. The topological polar surface area (TPSA) is 66.0 Å². The fourth-order valence-corrected chi connectivity index (χ4v) is 2.13. The van der Waals surface area contributed by atoms with Crippen LogP contribution in [0.15, 0.2) is 30.5 Å². The number of benzene rings is 1. The number of nitrogens with one attached hydrogen (secondary N) is 2. The summed E-state index contributed by atoms with van der Waals surface area (Å²) in [5.74, 6) is 1.77. The Hall–Kier alpha value is -2.21. The molecule has 0 radical (unpaired) electrons.